The van der Waals surface area contributed by atoms with Crippen molar-refractivity contribution in [3.8, 4) is 0 Å². The van der Waals surface area contributed by atoms with Crippen molar-refractivity contribution in [2.24, 2.45) is 11.8 Å². The molecule has 1 heteroatoms. The molecule has 0 saturated heterocycles. The van der Waals surface area contributed by atoms with E-state index in [1.165, 1.54) is 38.6 Å². The summed E-state index contributed by atoms with van der Waals surface area (Å²) in [6.07, 6.45) is 8.86. The molecule has 108 valence electrons. The van der Waals surface area contributed by atoms with E-state index in [1.807, 2.05) is 0 Å². The molecule has 3 atom stereocenters. The Morgan fingerprint density at radius 1 is 1.15 bits per heavy atom. The monoisotopic (exact) mass is 269 g/mol. The summed E-state index contributed by atoms with van der Waals surface area (Å²) < 4.78 is 0. The summed E-state index contributed by atoms with van der Waals surface area (Å²) >= 11 is 0. The van der Waals surface area contributed by atoms with E-state index < -0.39 is 0 Å². The van der Waals surface area contributed by atoms with E-state index >= 15 is 0 Å². The second-order valence-electron chi connectivity index (χ2n) is 6.91. The van der Waals surface area contributed by atoms with E-state index in [2.05, 4.69) is 49.5 Å². The molecular weight excluding hydrogens is 242 g/mol. The lowest BCUT2D eigenvalue weighted by atomic mass is 9.83. The van der Waals surface area contributed by atoms with Gasteiger partial charge in [-0.25, -0.2) is 0 Å². The fourth-order valence-corrected chi connectivity index (χ4v) is 4.05. The third-order valence-electron chi connectivity index (χ3n) is 4.93. The number of rotatable bonds is 3. The Balaban J connectivity index is 1.52. The Kier molecular flexibility index (Phi) is 4.26. The van der Waals surface area contributed by atoms with Crippen molar-refractivity contribution in [3.05, 3.63) is 47.0 Å². The zero-order valence-electron chi connectivity index (χ0n) is 12.9. The molecule has 1 aromatic carbocycles. The largest absolute Gasteiger partial charge is 0.313 e. The summed E-state index contributed by atoms with van der Waals surface area (Å²) in [5, 5.41) is 3.85. The first-order valence-electron chi connectivity index (χ1n) is 8.18. The summed E-state index contributed by atoms with van der Waals surface area (Å²) in [5.41, 5.74) is 4.71. The summed E-state index contributed by atoms with van der Waals surface area (Å²) in [6.45, 7) is 5.84. The lowest BCUT2D eigenvalue weighted by molar-refractivity contribution is 0.347. The molecule has 2 aliphatic rings. The van der Waals surface area contributed by atoms with Gasteiger partial charge in [0.25, 0.3) is 0 Å². The van der Waals surface area contributed by atoms with Crippen molar-refractivity contribution in [3.63, 3.8) is 0 Å². The van der Waals surface area contributed by atoms with Crippen molar-refractivity contribution < 1.29 is 0 Å². The average molecular weight is 269 g/mol. The van der Waals surface area contributed by atoms with Crippen molar-refractivity contribution in [1.82, 2.24) is 5.32 Å². The highest BCUT2D eigenvalue weighted by atomic mass is 14.9. The smallest absolute Gasteiger partial charge is 0.0111 e. The van der Waals surface area contributed by atoms with E-state index in [-0.39, 0.29) is 0 Å². The fourth-order valence-electron chi connectivity index (χ4n) is 4.05. The zero-order valence-corrected chi connectivity index (χ0v) is 12.9. The molecule has 0 aliphatic heterocycles. The molecule has 0 amide bonds. The predicted molar refractivity (Wildman–Crippen MR) is 85.9 cm³/mol. The van der Waals surface area contributed by atoms with Gasteiger partial charge in [0.1, 0.15) is 0 Å². The van der Waals surface area contributed by atoms with Crippen molar-refractivity contribution in [2.45, 2.75) is 52.0 Å². The van der Waals surface area contributed by atoms with Gasteiger partial charge in [0.15, 0.2) is 0 Å². The molecule has 0 spiro atoms. The topological polar surface area (TPSA) is 12.0 Å². The van der Waals surface area contributed by atoms with Gasteiger partial charge in [0.05, 0.1) is 0 Å². The van der Waals surface area contributed by atoms with Crippen LogP contribution in [0.1, 0.15) is 44.2 Å². The Morgan fingerprint density at radius 2 is 1.95 bits per heavy atom. The molecule has 0 radical (unpaired) electrons. The number of benzene rings is 1. The van der Waals surface area contributed by atoms with Gasteiger partial charge >= 0.3 is 0 Å². The fraction of sp³-hybridized carbons (Fsp3) is 0.579. The molecule has 0 heterocycles. The molecule has 0 saturated carbocycles. The molecule has 1 aromatic rings. The Labute approximate surface area is 123 Å². The summed E-state index contributed by atoms with van der Waals surface area (Å²) in [7, 11) is 0. The molecule has 1 nitrogen and oxygen atoms in total. The van der Waals surface area contributed by atoms with Gasteiger partial charge < -0.3 is 5.32 Å². The van der Waals surface area contributed by atoms with E-state index in [0.29, 0.717) is 6.04 Å². The highest BCUT2D eigenvalue weighted by Gasteiger charge is 2.21. The average Bonchev–Trinajstić information content (AvgIpc) is 2.44. The van der Waals surface area contributed by atoms with Gasteiger partial charge in [-0.15, -0.1) is 0 Å². The van der Waals surface area contributed by atoms with Crippen LogP contribution in [0.3, 0.4) is 0 Å². The number of hydrogen-bond donors (Lipinski definition) is 1. The van der Waals surface area contributed by atoms with Gasteiger partial charge in [-0.05, 0) is 68.5 Å². The van der Waals surface area contributed by atoms with Crippen molar-refractivity contribution >= 4 is 0 Å². The normalized spacial score (nSPS) is 29.7. The number of hydrogen-bond acceptors (Lipinski definition) is 1. The summed E-state index contributed by atoms with van der Waals surface area (Å²) in [4.78, 5) is 0. The minimum atomic E-state index is 0.686. The SMILES string of the molecule is CC1=CC(C)CC(CNC2CCc3ccccc3C2)C1. The summed E-state index contributed by atoms with van der Waals surface area (Å²) in [6, 6.07) is 9.64. The van der Waals surface area contributed by atoms with Crippen LogP contribution in [0, 0.1) is 11.8 Å². The highest BCUT2D eigenvalue weighted by Crippen LogP contribution is 2.28. The van der Waals surface area contributed by atoms with Crippen LogP contribution in [0.25, 0.3) is 0 Å². The zero-order chi connectivity index (χ0) is 13.9. The molecule has 0 fully saturated rings. The molecule has 3 rings (SSSR count). The third kappa shape index (κ3) is 3.32. The van der Waals surface area contributed by atoms with Crippen LogP contribution in [0.4, 0.5) is 0 Å². The molecular formula is C19H27N. The van der Waals surface area contributed by atoms with Gasteiger partial charge in [-0.3, -0.25) is 0 Å². The van der Waals surface area contributed by atoms with Crippen LogP contribution >= 0.6 is 0 Å². The first-order chi connectivity index (χ1) is 9.70. The number of allylic oxidation sites excluding steroid dienone is 2. The van der Waals surface area contributed by atoms with Crippen LogP contribution in [0.15, 0.2) is 35.9 Å². The first-order valence-corrected chi connectivity index (χ1v) is 8.18. The lowest BCUT2D eigenvalue weighted by Gasteiger charge is -2.30. The van der Waals surface area contributed by atoms with Gasteiger partial charge in [0, 0.05) is 6.04 Å². The van der Waals surface area contributed by atoms with Crippen LogP contribution < -0.4 is 5.32 Å². The highest BCUT2D eigenvalue weighted by molar-refractivity contribution is 5.30. The number of nitrogens with one attached hydrogen (secondary N) is 1. The standard InChI is InChI=1S/C19H27N/c1-14-9-15(2)11-16(10-14)13-20-19-8-7-17-5-3-4-6-18(17)12-19/h3-6,9,14,16,19-20H,7-8,10-13H2,1-2H3. The molecule has 2 aliphatic carbocycles. The minimum absolute atomic E-state index is 0.686. The Morgan fingerprint density at radius 3 is 2.75 bits per heavy atom. The molecule has 1 N–H and O–H groups in total. The van der Waals surface area contributed by atoms with Gasteiger partial charge in [-0.1, -0.05) is 42.8 Å². The molecule has 3 unspecified atom stereocenters. The lowest BCUT2D eigenvalue weighted by Crippen LogP contribution is -2.38. The van der Waals surface area contributed by atoms with E-state index in [0.717, 1.165) is 11.8 Å². The third-order valence-corrected chi connectivity index (χ3v) is 4.93. The quantitative estimate of drug-likeness (QED) is 0.814. The molecule has 0 aromatic heterocycles. The Bertz CT molecular complexity index is 488. The first kappa shape index (κ1) is 13.9. The van der Waals surface area contributed by atoms with E-state index in [4.69, 9.17) is 0 Å². The predicted octanol–water partition coefficient (Wildman–Crippen LogP) is 4.13. The molecule has 20 heavy (non-hydrogen) atoms. The Hall–Kier alpha value is -1.08. The van der Waals surface area contributed by atoms with E-state index in [1.54, 1.807) is 16.7 Å². The molecule has 0 bridgehead atoms. The maximum atomic E-state index is 3.85. The van der Waals surface area contributed by atoms with Crippen LogP contribution in [-0.2, 0) is 12.8 Å². The van der Waals surface area contributed by atoms with Gasteiger partial charge in [-0.2, -0.15) is 0 Å². The summed E-state index contributed by atoms with van der Waals surface area (Å²) in [5.74, 6) is 1.61. The second-order valence-corrected chi connectivity index (χ2v) is 6.91. The van der Waals surface area contributed by atoms with Crippen LogP contribution in [0.2, 0.25) is 0 Å². The van der Waals surface area contributed by atoms with Crippen LogP contribution in [-0.4, -0.2) is 12.6 Å². The van der Waals surface area contributed by atoms with Gasteiger partial charge in [0.2, 0.25) is 0 Å². The maximum Gasteiger partial charge on any atom is 0.0111 e. The number of aryl methyl sites for hydroxylation is 1. The van der Waals surface area contributed by atoms with Crippen molar-refractivity contribution in [1.29, 1.82) is 0 Å². The number of fused-ring (bicyclic) bond motifs is 1. The van der Waals surface area contributed by atoms with Crippen molar-refractivity contribution in [2.75, 3.05) is 6.54 Å². The van der Waals surface area contributed by atoms with E-state index in [9.17, 15) is 0 Å². The maximum absolute atomic E-state index is 3.85. The van der Waals surface area contributed by atoms with Crippen LogP contribution in [0.5, 0.6) is 0 Å². The second kappa shape index (κ2) is 6.13. The minimum Gasteiger partial charge on any atom is -0.313 e.